The van der Waals surface area contributed by atoms with Crippen molar-refractivity contribution in [2.45, 2.75) is 103 Å². The lowest BCUT2D eigenvalue weighted by Gasteiger charge is -2.65. The summed E-state index contributed by atoms with van der Waals surface area (Å²) in [6.07, 6.45) is 6.08. The number of ether oxygens (including phenoxy) is 3. The molecule has 2 saturated carbocycles. The Morgan fingerprint density at radius 2 is 1.74 bits per heavy atom. The number of fused-ring (bicyclic) bond motifs is 3. The molecule has 2 saturated heterocycles. The Labute approximate surface area is 163 Å². The van der Waals surface area contributed by atoms with Gasteiger partial charge in [-0.05, 0) is 68.1 Å². The van der Waals surface area contributed by atoms with E-state index in [-0.39, 0.29) is 17.6 Å². The van der Waals surface area contributed by atoms with E-state index < -0.39 is 24.0 Å². The molecular weight excluding hydrogens is 344 g/mol. The maximum Gasteiger partial charge on any atom is 0.305 e. The molecule has 0 aromatic carbocycles. The molecule has 2 aliphatic carbocycles. The van der Waals surface area contributed by atoms with Crippen LogP contribution in [0.1, 0.15) is 79.6 Å². The molecule has 7 unspecified atom stereocenters. The Morgan fingerprint density at radius 1 is 1.04 bits per heavy atom. The zero-order valence-corrected chi connectivity index (χ0v) is 17.5. The monoisotopic (exact) mass is 380 g/mol. The Bertz CT molecular complexity index is 618. The van der Waals surface area contributed by atoms with E-state index in [2.05, 4.69) is 27.7 Å². The molecule has 0 bridgehead atoms. The van der Waals surface area contributed by atoms with Gasteiger partial charge in [0.05, 0.1) is 12.2 Å². The summed E-state index contributed by atoms with van der Waals surface area (Å²) in [5.41, 5.74) is -0.605. The normalized spacial score (nSPS) is 51.5. The predicted octanol–water partition coefficient (Wildman–Crippen LogP) is 3.82. The van der Waals surface area contributed by atoms with Gasteiger partial charge in [0.15, 0.2) is 5.60 Å². The molecule has 27 heavy (non-hydrogen) atoms. The molecule has 0 aromatic heterocycles. The van der Waals surface area contributed by atoms with Crippen LogP contribution < -0.4 is 0 Å². The maximum atomic E-state index is 11.6. The van der Waals surface area contributed by atoms with Crippen LogP contribution in [-0.4, -0.2) is 41.3 Å². The van der Waals surface area contributed by atoms with Crippen LogP contribution in [0.25, 0.3) is 0 Å². The molecule has 4 aliphatic rings. The number of aliphatic hydroxyl groups is 1. The van der Waals surface area contributed by atoms with Crippen molar-refractivity contribution in [3.63, 3.8) is 0 Å². The van der Waals surface area contributed by atoms with Gasteiger partial charge >= 0.3 is 5.97 Å². The van der Waals surface area contributed by atoms with Gasteiger partial charge < -0.3 is 19.3 Å². The average molecular weight is 381 g/mol. The molecule has 5 heteroatoms. The highest BCUT2D eigenvalue weighted by molar-refractivity contribution is 5.66. The molecule has 0 radical (unpaired) electrons. The molecule has 154 valence electrons. The van der Waals surface area contributed by atoms with Gasteiger partial charge in [-0.25, -0.2) is 0 Å². The van der Waals surface area contributed by atoms with Crippen LogP contribution in [0.5, 0.6) is 0 Å². The average Bonchev–Trinajstić information content (AvgIpc) is 2.81. The van der Waals surface area contributed by atoms with Crippen molar-refractivity contribution < 1.29 is 24.1 Å². The first-order valence-corrected chi connectivity index (χ1v) is 10.7. The van der Waals surface area contributed by atoms with Gasteiger partial charge in [0.1, 0.15) is 6.10 Å². The molecule has 1 N–H and O–H groups in total. The van der Waals surface area contributed by atoms with E-state index in [1.54, 1.807) is 0 Å². The number of rotatable bonds is 1. The molecule has 7 atom stereocenters. The smallest absolute Gasteiger partial charge is 0.305 e. The minimum Gasteiger partial charge on any atom is -0.433 e. The number of hydrogen-bond acceptors (Lipinski definition) is 5. The zero-order chi connectivity index (χ0) is 19.7. The lowest BCUT2D eigenvalue weighted by atomic mass is 9.44. The second-order valence-corrected chi connectivity index (χ2v) is 10.7. The van der Waals surface area contributed by atoms with Crippen molar-refractivity contribution in [3.05, 3.63) is 0 Å². The molecular formula is C22H36O5. The van der Waals surface area contributed by atoms with Crippen molar-refractivity contribution in [3.8, 4) is 0 Å². The van der Waals surface area contributed by atoms with Crippen LogP contribution in [-0.2, 0) is 19.0 Å². The first-order chi connectivity index (χ1) is 12.5. The Balaban J connectivity index is 1.65. The van der Waals surface area contributed by atoms with Crippen molar-refractivity contribution in [2.75, 3.05) is 6.61 Å². The standard InChI is InChI=1S/C22H36O5/c1-14(23)26-18-22(17(24)13-25-18)12-8-16-20(4)10-6-9-19(2,3)15(20)7-11-21(16,5)27-22/h15-18,24H,6-13H2,1-5H3. The van der Waals surface area contributed by atoms with Crippen molar-refractivity contribution >= 4 is 5.97 Å². The van der Waals surface area contributed by atoms with E-state index in [9.17, 15) is 9.90 Å². The van der Waals surface area contributed by atoms with Gasteiger partial charge in [-0.1, -0.05) is 27.2 Å². The topological polar surface area (TPSA) is 65.0 Å². The second-order valence-electron chi connectivity index (χ2n) is 10.7. The lowest BCUT2D eigenvalue weighted by molar-refractivity contribution is -0.317. The van der Waals surface area contributed by atoms with Crippen molar-refractivity contribution in [1.82, 2.24) is 0 Å². The van der Waals surface area contributed by atoms with Crippen molar-refractivity contribution in [2.24, 2.45) is 22.7 Å². The van der Waals surface area contributed by atoms with Gasteiger partial charge in [-0.3, -0.25) is 4.79 Å². The highest BCUT2D eigenvalue weighted by Gasteiger charge is 2.66. The zero-order valence-electron chi connectivity index (χ0n) is 17.5. The fourth-order valence-corrected chi connectivity index (χ4v) is 7.52. The molecule has 0 aromatic rings. The fourth-order valence-electron chi connectivity index (χ4n) is 7.52. The van der Waals surface area contributed by atoms with Gasteiger partial charge in [-0.15, -0.1) is 0 Å². The predicted molar refractivity (Wildman–Crippen MR) is 101 cm³/mol. The number of esters is 1. The highest BCUT2D eigenvalue weighted by Crippen LogP contribution is 2.66. The Hall–Kier alpha value is -0.650. The summed E-state index contributed by atoms with van der Waals surface area (Å²) in [6, 6.07) is 0. The van der Waals surface area contributed by atoms with E-state index in [4.69, 9.17) is 14.2 Å². The highest BCUT2D eigenvalue weighted by atomic mass is 16.7. The Kier molecular flexibility index (Phi) is 4.49. The molecule has 2 heterocycles. The van der Waals surface area contributed by atoms with Gasteiger partial charge in [-0.2, -0.15) is 0 Å². The molecule has 0 amide bonds. The molecule has 1 spiro atoms. The van der Waals surface area contributed by atoms with E-state index in [0.29, 0.717) is 23.7 Å². The third kappa shape index (κ3) is 2.79. The minimum absolute atomic E-state index is 0.158. The van der Waals surface area contributed by atoms with Crippen LogP contribution in [0.4, 0.5) is 0 Å². The van der Waals surface area contributed by atoms with E-state index in [1.807, 2.05) is 0 Å². The quantitative estimate of drug-likeness (QED) is 0.701. The number of carbonyl (C=O) groups is 1. The number of hydrogen-bond donors (Lipinski definition) is 1. The van der Waals surface area contributed by atoms with Crippen LogP contribution >= 0.6 is 0 Å². The van der Waals surface area contributed by atoms with E-state index in [0.717, 1.165) is 19.3 Å². The summed E-state index contributed by atoms with van der Waals surface area (Å²) in [4.78, 5) is 11.6. The summed E-state index contributed by atoms with van der Waals surface area (Å²) in [7, 11) is 0. The van der Waals surface area contributed by atoms with E-state index >= 15 is 0 Å². The van der Waals surface area contributed by atoms with Gasteiger partial charge in [0, 0.05) is 6.92 Å². The van der Waals surface area contributed by atoms with Gasteiger partial charge in [0.2, 0.25) is 6.29 Å². The summed E-state index contributed by atoms with van der Waals surface area (Å²) in [5, 5.41) is 10.7. The van der Waals surface area contributed by atoms with Crippen molar-refractivity contribution in [1.29, 1.82) is 0 Å². The van der Waals surface area contributed by atoms with Crippen LogP contribution in [0.3, 0.4) is 0 Å². The largest absolute Gasteiger partial charge is 0.433 e. The second kappa shape index (κ2) is 6.17. The summed E-state index contributed by atoms with van der Waals surface area (Å²) in [5.74, 6) is 0.775. The first-order valence-electron chi connectivity index (χ1n) is 10.7. The fraction of sp³-hybridized carbons (Fsp3) is 0.955. The third-order valence-electron chi connectivity index (χ3n) is 8.63. The summed E-state index contributed by atoms with van der Waals surface area (Å²) < 4.78 is 17.8. The summed E-state index contributed by atoms with van der Waals surface area (Å²) in [6.45, 7) is 11.1. The SMILES string of the molecule is CC(=O)OC1OCC(O)C12CCC1C(C)(CCC3C(C)(C)CCCC31C)O2. The molecule has 4 rings (SSSR count). The lowest BCUT2D eigenvalue weighted by Crippen LogP contribution is -2.67. The van der Waals surface area contributed by atoms with Gasteiger partial charge in [0.25, 0.3) is 0 Å². The third-order valence-corrected chi connectivity index (χ3v) is 8.63. The van der Waals surface area contributed by atoms with Crippen LogP contribution in [0.15, 0.2) is 0 Å². The van der Waals surface area contributed by atoms with Crippen LogP contribution in [0, 0.1) is 22.7 Å². The molecule has 4 fully saturated rings. The van der Waals surface area contributed by atoms with E-state index in [1.165, 1.54) is 26.2 Å². The minimum atomic E-state index is -0.926. The summed E-state index contributed by atoms with van der Waals surface area (Å²) >= 11 is 0. The number of aliphatic hydroxyl groups excluding tert-OH is 1. The molecule has 2 aliphatic heterocycles. The maximum absolute atomic E-state index is 11.6. The first kappa shape index (κ1) is 19.7. The number of carbonyl (C=O) groups excluding carboxylic acids is 1. The Morgan fingerprint density at radius 3 is 2.44 bits per heavy atom. The van der Waals surface area contributed by atoms with Crippen LogP contribution in [0.2, 0.25) is 0 Å². The molecule has 5 nitrogen and oxygen atoms in total.